The van der Waals surface area contributed by atoms with Crippen LogP contribution in [0.3, 0.4) is 0 Å². The van der Waals surface area contributed by atoms with Crippen molar-refractivity contribution in [1.29, 1.82) is 0 Å². The summed E-state index contributed by atoms with van der Waals surface area (Å²) in [5, 5.41) is 0. The number of hydrogen-bond acceptors (Lipinski definition) is 1. The van der Waals surface area contributed by atoms with Gasteiger partial charge >= 0.3 is 0 Å². The zero-order valence-corrected chi connectivity index (χ0v) is 13.1. The smallest absolute Gasteiger partial charge is 0.139 e. The predicted octanol–water partition coefficient (Wildman–Crippen LogP) is 4.91. The van der Waals surface area contributed by atoms with Gasteiger partial charge < -0.3 is 0 Å². The molecule has 3 saturated carbocycles. The minimum Gasteiger partial charge on any atom is -0.299 e. The Morgan fingerprint density at radius 3 is 2.75 bits per heavy atom. The fraction of sp³-hybridized carbons (Fsp3) is 0.842. The summed E-state index contributed by atoms with van der Waals surface area (Å²) >= 11 is 0. The number of Topliss-reactive ketones (excluding diaryl/α,β-unsaturated/α-hetero) is 1. The van der Waals surface area contributed by atoms with Crippen molar-refractivity contribution in [2.75, 3.05) is 0 Å². The molecule has 0 spiro atoms. The predicted molar refractivity (Wildman–Crippen MR) is 81.3 cm³/mol. The van der Waals surface area contributed by atoms with Gasteiger partial charge in [-0.1, -0.05) is 38.3 Å². The van der Waals surface area contributed by atoms with Crippen LogP contribution in [0.25, 0.3) is 0 Å². The molecule has 4 aliphatic rings. The zero-order valence-electron chi connectivity index (χ0n) is 13.1. The van der Waals surface area contributed by atoms with Gasteiger partial charge in [-0.05, 0) is 61.7 Å². The number of hydrogen-bond donors (Lipinski definition) is 0. The van der Waals surface area contributed by atoms with Crippen molar-refractivity contribution < 1.29 is 4.79 Å². The molecule has 0 saturated heterocycles. The lowest BCUT2D eigenvalue weighted by Gasteiger charge is -2.55. The maximum absolute atomic E-state index is 12.3. The second-order valence-corrected chi connectivity index (χ2v) is 8.39. The summed E-state index contributed by atoms with van der Waals surface area (Å²) < 4.78 is 0. The van der Waals surface area contributed by atoms with Crippen molar-refractivity contribution in [3.63, 3.8) is 0 Å². The molecule has 0 aliphatic heterocycles. The van der Waals surface area contributed by atoms with E-state index < -0.39 is 0 Å². The van der Waals surface area contributed by atoms with E-state index in [1.165, 1.54) is 38.5 Å². The van der Waals surface area contributed by atoms with Gasteiger partial charge in [0.1, 0.15) is 5.78 Å². The van der Waals surface area contributed by atoms with Crippen LogP contribution < -0.4 is 0 Å². The van der Waals surface area contributed by atoms with Crippen LogP contribution in [-0.4, -0.2) is 5.78 Å². The molecule has 0 aromatic rings. The third-order valence-corrected chi connectivity index (χ3v) is 7.65. The Morgan fingerprint density at radius 2 is 1.90 bits per heavy atom. The van der Waals surface area contributed by atoms with Crippen molar-refractivity contribution in [3.05, 3.63) is 11.6 Å². The first kappa shape index (κ1) is 13.1. The van der Waals surface area contributed by atoms with E-state index in [4.69, 9.17) is 0 Å². The highest BCUT2D eigenvalue weighted by atomic mass is 16.1. The second kappa shape index (κ2) is 4.21. The summed E-state index contributed by atoms with van der Waals surface area (Å²) in [5.74, 6) is 2.88. The molecule has 1 heteroatoms. The molecule has 3 fully saturated rings. The van der Waals surface area contributed by atoms with Crippen molar-refractivity contribution in [2.24, 2.45) is 28.6 Å². The molecule has 0 heterocycles. The van der Waals surface area contributed by atoms with Crippen LogP contribution >= 0.6 is 0 Å². The summed E-state index contributed by atoms with van der Waals surface area (Å²) in [7, 11) is 0. The molecular formula is C19H28O. The van der Waals surface area contributed by atoms with Crippen LogP contribution in [0.2, 0.25) is 0 Å². The molecule has 20 heavy (non-hydrogen) atoms. The SMILES string of the molecule is CC12CC=C3C(CC[C@H]4CCCCC34C)C1CCC2=O. The Balaban J connectivity index is 1.74. The first-order valence-electron chi connectivity index (χ1n) is 8.79. The molecule has 0 aromatic carbocycles. The Labute approximate surface area is 123 Å². The van der Waals surface area contributed by atoms with Gasteiger partial charge in [0.2, 0.25) is 0 Å². The molecule has 0 radical (unpaired) electrons. The number of carbonyl (C=O) groups is 1. The highest BCUT2D eigenvalue weighted by Crippen LogP contribution is 2.63. The van der Waals surface area contributed by atoms with Crippen LogP contribution in [0.5, 0.6) is 0 Å². The Bertz CT molecular complexity index is 476. The van der Waals surface area contributed by atoms with Crippen LogP contribution in [0, 0.1) is 28.6 Å². The van der Waals surface area contributed by atoms with E-state index in [9.17, 15) is 4.79 Å². The Kier molecular flexibility index (Phi) is 2.76. The summed E-state index contributed by atoms with van der Waals surface area (Å²) in [6, 6.07) is 0. The van der Waals surface area contributed by atoms with Crippen molar-refractivity contribution in [3.8, 4) is 0 Å². The molecule has 0 N–H and O–H groups in total. The van der Waals surface area contributed by atoms with Crippen LogP contribution in [0.15, 0.2) is 11.6 Å². The molecular weight excluding hydrogens is 244 g/mol. The van der Waals surface area contributed by atoms with Crippen molar-refractivity contribution >= 4 is 5.78 Å². The van der Waals surface area contributed by atoms with E-state index >= 15 is 0 Å². The maximum Gasteiger partial charge on any atom is 0.139 e. The summed E-state index contributed by atoms with van der Waals surface area (Å²) in [6.07, 6.45) is 14.1. The molecule has 110 valence electrons. The van der Waals surface area contributed by atoms with Gasteiger partial charge in [0.05, 0.1) is 0 Å². The first-order valence-corrected chi connectivity index (χ1v) is 8.79. The van der Waals surface area contributed by atoms with Crippen LogP contribution in [0.1, 0.15) is 71.6 Å². The van der Waals surface area contributed by atoms with Gasteiger partial charge in [-0.3, -0.25) is 4.79 Å². The highest BCUT2D eigenvalue weighted by molar-refractivity contribution is 5.87. The van der Waals surface area contributed by atoms with Gasteiger partial charge in [-0.15, -0.1) is 0 Å². The quantitative estimate of drug-likeness (QED) is 0.573. The van der Waals surface area contributed by atoms with E-state index in [2.05, 4.69) is 19.9 Å². The number of fused-ring (bicyclic) bond motifs is 5. The van der Waals surface area contributed by atoms with E-state index in [1.807, 2.05) is 0 Å². The summed E-state index contributed by atoms with van der Waals surface area (Å²) in [5.41, 5.74) is 2.26. The first-order chi connectivity index (χ1) is 9.56. The maximum atomic E-state index is 12.3. The standard InChI is InChI=1S/C19H28O/c1-18-11-4-3-5-13(18)6-7-14-15-8-9-17(20)19(15,2)12-10-16(14)18/h10,13-15H,3-9,11-12H2,1-2H3/t13-,14?,15?,18?,19?/m1/s1. The molecule has 4 aliphatic carbocycles. The molecule has 4 unspecified atom stereocenters. The van der Waals surface area contributed by atoms with E-state index in [0.29, 0.717) is 17.1 Å². The third kappa shape index (κ3) is 1.53. The average Bonchev–Trinajstić information content (AvgIpc) is 2.74. The third-order valence-electron chi connectivity index (χ3n) is 7.65. The van der Waals surface area contributed by atoms with Gasteiger partial charge in [0, 0.05) is 11.8 Å². The molecule has 4 rings (SSSR count). The Hall–Kier alpha value is -0.590. The van der Waals surface area contributed by atoms with Gasteiger partial charge in [-0.2, -0.15) is 0 Å². The molecule has 0 bridgehead atoms. The largest absolute Gasteiger partial charge is 0.299 e. The van der Waals surface area contributed by atoms with E-state index in [-0.39, 0.29) is 5.41 Å². The normalized spacial score (nSPS) is 51.0. The Morgan fingerprint density at radius 1 is 1.05 bits per heavy atom. The van der Waals surface area contributed by atoms with Crippen molar-refractivity contribution in [1.82, 2.24) is 0 Å². The lowest BCUT2D eigenvalue weighted by molar-refractivity contribution is -0.127. The van der Waals surface area contributed by atoms with Gasteiger partial charge in [0.15, 0.2) is 0 Å². The number of carbonyl (C=O) groups excluding carboxylic acids is 1. The monoisotopic (exact) mass is 272 g/mol. The highest BCUT2D eigenvalue weighted by Gasteiger charge is 2.56. The van der Waals surface area contributed by atoms with Crippen LogP contribution in [0.4, 0.5) is 0 Å². The fourth-order valence-electron chi connectivity index (χ4n) is 6.34. The molecule has 1 nitrogen and oxygen atoms in total. The number of ketones is 1. The molecule has 5 atom stereocenters. The summed E-state index contributed by atoms with van der Waals surface area (Å²) in [4.78, 5) is 12.3. The van der Waals surface area contributed by atoms with Gasteiger partial charge in [-0.25, -0.2) is 0 Å². The second-order valence-electron chi connectivity index (χ2n) is 8.39. The zero-order chi connectivity index (χ0) is 14.0. The minimum atomic E-state index is -0.00791. The van der Waals surface area contributed by atoms with E-state index in [0.717, 1.165) is 31.1 Å². The number of allylic oxidation sites excluding steroid dienone is 2. The molecule has 0 aromatic heterocycles. The lowest BCUT2D eigenvalue weighted by Crippen LogP contribution is -2.46. The lowest BCUT2D eigenvalue weighted by atomic mass is 9.49. The van der Waals surface area contributed by atoms with Gasteiger partial charge in [0.25, 0.3) is 0 Å². The van der Waals surface area contributed by atoms with Crippen LogP contribution in [-0.2, 0) is 4.79 Å². The minimum absolute atomic E-state index is 0.00791. The van der Waals surface area contributed by atoms with E-state index in [1.54, 1.807) is 5.57 Å². The topological polar surface area (TPSA) is 17.1 Å². The average molecular weight is 272 g/mol. The fourth-order valence-corrected chi connectivity index (χ4v) is 6.34. The summed E-state index contributed by atoms with van der Waals surface area (Å²) in [6.45, 7) is 4.81. The number of rotatable bonds is 0. The van der Waals surface area contributed by atoms with Crippen molar-refractivity contribution in [2.45, 2.75) is 71.6 Å². The molecule has 0 amide bonds.